The zero-order valence-corrected chi connectivity index (χ0v) is 14.4. The zero-order valence-electron chi connectivity index (χ0n) is 14.4. The highest BCUT2D eigenvalue weighted by atomic mass is 16.4. The van der Waals surface area contributed by atoms with Crippen LogP contribution in [0.5, 0.6) is 0 Å². The number of rotatable bonds is 8. The summed E-state index contributed by atoms with van der Waals surface area (Å²) in [7, 11) is 0. The third kappa shape index (κ3) is 5.76. The Balaban J connectivity index is 1.65. The lowest BCUT2D eigenvalue weighted by Gasteiger charge is -2.42. The quantitative estimate of drug-likeness (QED) is 0.660. The smallest absolute Gasteiger partial charge is 0.317 e. The van der Waals surface area contributed by atoms with Crippen LogP contribution in [0.25, 0.3) is 0 Å². The Morgan fingerprint density at radius 2 is 2.16 bits per heavy atom. The Labute approximate surface area is 147 Å². The summed E-state index contributed by atoms with van der Waals surface area (Å²) in [6.45, 7) is 3.17. The van der Waals surface area contributed by atoms with Gasteiger partial charge >= 0.3 is 12.0 Å². The first-order valence-corrected chi connectivity index (χ1v) is 8.51. The van der Waals surface area contributed by atoms with Crippen LogP contribution in [0.1, 0.15) is 30.9 Å². The lowest BCUT2D eigenvalue weighted by Crippen LogP contribution is -2.56. The molecular weight excluding hydrogens is 320 g/mol. The summed E-state index contributed by atoms with van der Waals surface area (Å²) in [6.07, 6.45) is 2.22. The van der Waals surface area contributed by atoms with Gasteiger partial charge in [0.15, 0.2) is 0 Å². The maximum Gasteiger partial charge on any atom is 0.317 e. The average Bonchev–Trinajstić information content (AvgIpc) is 2.56. The number of benzene rings is 1. The number of carboxylic acid groups (broad SMARTS) is 1. The van der Waals surface area contributed by atoms with Gasteiger partial charge in [-0.3, -0.25) is 9.69 Å². The van der Waals surface area contributed by atoms with Crippen molar-refractivity contribution in [2.75, 3.05) is 19.6 Å². The van der Waals surface area contributed by atoms with Crippen LogP contribution >= 0.6 is 0 Å². The van der Waals surface area contributed by atoms with Crippen LogP contribution in [0.2, 0.25) is 0 Å². The van der Waals surface area contributed by atoms with Gasteiger partial charge in [0.25, 0.3) is 0 Å². The van der Waals surface area contributed by atoms with Gasteiger partial charge in [-0.2, -0.15) is 5.26 Å². The number of aliphatic carboxylic acids is 1. The molecule has 1 saturated carbocycles. The first-order valence-electron chi connectivity index (χ1n) is 8.51. The minimum absolute atomic E-state index is 0.0435. The molecule has 1 aromatic rings. The molecule has 0 aliphatic heterocycles. The molecule has 25 heavy (non-hydrogen) atoms. The fraction of sp³-hybridized carbons (Fsp3) is 0.500. The molecule has 0 atom stereocenters. The number of nitrogens with one attached hydrogen (secondary N) is 2. The standard InChI is InChI=1S/C18H24N4O3/c1-2-22(12-17(23)24)16-9-15(10-16)21-18(25)20-7-6-13-4-3-5-14(8-13)11-19/h3-5,8,15-16H,2,6-7,9-10,12H2,1H3,(H,23,24)(H2,20,21,25). The molecule has 1 aromatic carbocycles. The van der Waals surface area contributed by atoms with Gasteiger partial charge < -0.3 is 15.7 Å². The number of carbonyl (C=O) groups is 2. The van der Waals surface area contributed by atoms with Crippen molar-refractivity contribution in [1.29, 1.82) is 5.26 Å². The number of nitriles is 1. The maximum atomic E-state index is 11.9. The Hall–Kier alpha value is -2.59. The number of urea groups is 1. The van der Waals surface area contributed by atoms with Gasteiger partial charge in [-0.1, -0.05) is 19.1 Å². The highest BCUT2D eigenvalue weighted by molar-refractivity contribution is 5.74. The van der Waals surface area contributed by atoms with Crippen molar-refractivity contribution >= 4 is 12.0 Å². The molecule has 1 aliphatic carbocycles. The van der Waals surface area contributed by atoms with Crippen LogP contribution in [0.4, 0.5) is 4.79 Å². The Kier molecular flexibility index (Phi) is 6.78. The van der Waals surface area contributed by atoms with E-state index in [1.54, 1.807) is 6.07 Å². The van der Waals surface area contributed by atoms with E-state index in [1.807, 2.05) is 30.0 Å². The summed E-state index contributed by atoms with van der Waals surface area (Å²) < 4.78 is 0. The second-order valence-corrected chi connectivity index (χ2v) is 6.24. The number of hydrogen-bond donors (Lipinski definition) is 3. The number of likely N-dealkylation sites (N-methyl/N-ethyl adjacent to an activating group) is 1. The van der Waals surface area contributed by atoms with Crippen LogP contribution in [-0.2, 0) is 11.2 Å². The Bertz CT molecular complexity index is 650. The molecule has 0 spiro atoms. The monoisotopic (exact) mass is 344 g/mol. The third-order valence-corrected chi connectivity index (χ3v) is 4.46. The van der Waals surface area contributed by atoms with E-state index < -0.39 is 5.97 Å². The maximum absolute atomic E-state index is 11.9. The molecule has 3 N–H and O–H groups in total. The molecule has 2 amide bonds. The van der Waals surface area contributed by atoms with Gasteiger partial charge in [0, 0.05) is 18.6 Å². The van der Waals surface area contributed by atoms with E-state index in [1.165, 1.54) is 0 Å². The number of hydrogen-bond acceptors (Lipinski definition) is 4. The molecule has 0 heterocycles. The van der Waals surface area contributed by atoms with E-state index in [0.29, 0.717) is 25.1 Å². The normalized spacial score (nSPS) is 18.9. The minimum atomic E-state index is -0.823. The van der Waals surface area contributed by atoms with Gasteiger partial charge in [-0.05, 0) is 43.5 Å². The van der Waals surface area contributed by atoms with E-state index in [0.717, 1.165) is 18.4 Å². The second kappa shape index (κ2) is 9.04. The highest BCUT2D eigenvalue weighted by Crippen LogP contribution is 2.25. The molecular formula is C18H24N4O3. The van der Waals surface area contributed by atoms with Crippen molar-refractivity contribution in [3.63, 3.8) is 0 Å². The van der Waals surface area contributed by atoms with Crippen molar-refractivity contribution in [2.24, 2.45) is 0 Å². The number of carboxylic acids is 1. The predicted octanol–water partition coefficient (Wildman–Crippen LogP) is 1.34. The Morgan fingerprint density at radius 3 is 2.80 bits per heavy atom. The molecule has 134 valence electrons. The molecule has 7 heteroatoms. The van der Waals surface area contributed by atoms with Crippen molar-refractivity contribution < 1.29 is 14.7 Å². The fourth-order valence-corrected chi connectivity index (χ4v) is 3.03. The molecule has 0 saturated heterocycles. The lowest BCUT2D eigenvalue weighted by atomic mass is 9.85. The van der Waals surface area contributed by atoms with Gasteiger partial charge in [0.1, 0.15) is 0 Å². The van der Waals surface area contributed by atoms with Crippen LogP contribution in [0.3, 0.4) is 0 Å². The van der Waals surface area contributed by atoms with Gasteiger partial charge in [0.2, 0.25) is 0 Å². The van der Waals surface area contributed by atoms with Crippen molar-refractivity contribution in [3.8, 4) is 6.07 Å². The zero-order chi connectivity index (χ0) is 18.2. The molecule has 1 aliphatic rings. The molecule has 1 fully saturated rings. The number of carbonyl (C=O) groups excluding carboxylic acids is 1. The van der Waals surface area contributed by atoms with Crippen LogP contribution in [-0.4, -0.2) is 53.7 Å². The first kappa shape index (κ1) is 18.7. The van der Waals surface area contributed by atoms with E-state index >= 15 is 0 Å². The summed E-state index contributed by atoms with van der Waals surface area (Å²) in [4.78, 5) is 24.6. The molecule has 0 radical (unpaired) electrons. The van der Waals surface area contributed by atoms with Crippen molar-refractivity contribution in [2.45, 2.75) is 38.3 Å². The van der Waals surface area contributed by atoms with Gasteiger partial charge in [0.05, 0.1) is 18.2 Å². The number of nitrogens with zero attached hydrogens (tertiary/aromatic N) is 2. The summed E-state index contributed by atoms with van der Waals surface area (Å²) in [6, 6.07) is 9.53. The SMILES string of the molecule is CCN(CC(=O)O)C1CC(NC(=O)NCCc2cccc(C#N)c2)C1. The summed E-state index contributed by atoms with van der Waals surface area (Å²) in [5.41, 5.74) is 1.62. The first-order chi connectivity index (χ1) is 12.0. The summed E-state index contributed by atoms with van der Waals surface area (Å²) in [5, 5.41) is 23.5. The highest BCUT2D eigenvalue weighted by Gasteiger charge is 2.34. The predicted molar refractivity (Wildman–Crippen MR) is 93.1 cm³/mol. The molecule has 7 nitrogen and oxygen atoms in total. The van der Waals surface area contributed by atoms with Gasteiger partial charge in [-0.15, -0.1) is 0 Å². The van der Waals surface area contributed by atoms with Gasteiger partial charge in [-0.25, -0.2) is 4.79 Å². The number of amides is 2. The van der Waals surface area contributed by atoms with Crippen LogP contribution in [0.15, 0.2) is 24.3 Å². The Morgan fingerprint density at radius 1 is 1.40 bits per heavy atom. The van der Waals surface area contributed by atoms with E-state index in [9.17, 15) is 9.59 Å². The molecule has 0 bridgehead atoms. The summed E-state index contributed by atoms with van der Waals surface area (Å²) in [5.74, 6) is -0.823. The second-order valence-electron chi connectivity index (χ2n) is 6.24. The minimum Gasteiger partial charge on any atom is -0.480 e. The average molecular weight is 344 g/mol. The fourth-order valence-electron chi connectivity index (χ4n) is 3.03. The van der Waals surface area contributed by atoms with Crippen LogP contribution in [0, 0.1) is 11.3 Å². The van der Waals surface area contributed by atoms with E-state index in [-0.39, 0.29) is 24.7 Å². The third-order valence-electron chi connectivity index (χ3n) is 4.46. The van der Waals surface area contributed by atoms with E-state index in [4.69, 9.17) is 10.4 Å². The lowest BCUT2D eigenvalue weighted by molar-refractivity contribution is -0.139. The molecule has 2 rings (SSSR count). The summed E-state index contributed by atoms with van der Waals surface area (Å²) >= 11 is 0. The van der Waals surface area contributed by atoms with Crippen molar-refractivity contribution in [3.05, 3.63) is 35.4 Å². The molecule has 0 unspecified atom stereocenters. The molecule has 0 aromatic heterocycles. The van der Waals surface area contributed by atoms with Crippen LogP contribution < -0.4 is 10.6 Å². The van der Waals surface area contributed by atoms with Crippen molar-refractivity contribution in [1.82, 2.24) is 15.5 Å². The topological polar surface area (TPSA) is 105 Å². The largest absolute Gasteiger partial charge is 0.480 e. The van der Waals surface area contributed by atoms with E-state index in [2.05, 4.69) is 16.7 Å².